The van der Waals surface area contributed by atoms with Crippen LogP contribution in [0.3, 0.4) is 0 Å². The monoisotopic (exact) mass is 1270 g/mol. The summed E-state index contributed by atoms with van der Waals surface area (Å²) in [5.41, 5.74) is 5.72. The van der Waals surface area contributed by atoms with E-state index in [1.54, 1.807) is 20.1 Å². The smallest absolute Gasteiger partial charge is 0.303 e. The Kier molecular flexibility index (Phi) is 35.9. The summed E-state index contributed by atoms with van der Waals surface area (Å²) in [6.45, 7) is 4.13. The van der Waals surface area contributed by atoms with Gasteiger partial charge in [0, 0.05) is 50.9 Å². The van der Waals surface area contributed by atoms with Crippen LogP contribution in [-0.4, -0.2) is 237 Å². The van der Waals surface area contributed by atoms with E-state index in [1.165, 1.54) is 30.5 Å². The largest absolute Gasteiger partial charge is 0.481 e. The van der Waals surface area contributed by atoms with Gasteiger partial charge in [-0.25, -0.2) is 0 Å². The van der Waals surface area contributed by atoms with Crippen LogP contribution in [0, 0.1) is 5.92 Å². The van der Waals surface area contributed by atoms with E-state index < -0.39 is 227 Å². The average Bonchev–Trinajstić information content (AvgIpc) is 2.08. The van der Waals surface area contributed by atoms with Crippen molar-refractivity contribution in [1.82, 2.24) is 58.1 Å². The Balaban J connectivity index is 3.08. The van der Waals surface area contributed by atoms with Gasteiger partial charge in [0.25, 0.3) is 0 Å². The van der Waals surface area contributed by atoms with Gasteiger partial charge in [-0.2, -0.15) is 11.8 Å². The molecule has 0 spiro atoms. The first kappa shape index (κ1) is 77.5. The maximum absolute atomic E-state index is 13.7. The minimum absolute atomic E-state index is 0.0930. The van der Waals surface area contributed by atoms with Crippen LogP contribution in [0.5, 0.6) is 0 Å². The summed E-state index contributed by atoms with van der Waals surface area (Å²) >= 11 is 1.21. The summed E-state index contributed by atoms with van der Waals surface area (Å²) < 4.78 is 5.46. The molecule has 88 heavy (non-hydrogen) atoms. The Morgan fingerprint density at radius 1 is 0.523 bits per heavy atom. The van der Waals surface area contributed by atoms with Crippen LogP contribution in [0.2, 0.25) is 0 Å². The number of ether oxygens (including phenoxy) is 1. The molecule has 0 radical (unpaired) electrons. The lowest BCUT2D eigenvalue weighted by molar-refractivity contribution is -0.142. The molecule has 1 heterocycles. The molecule has 0 unspecified atom stereocenters. The Morgan fingerprint density at radius 3 is 1.41 bits per heavy atom. The zero-order valence-electron chi connectivity index (χ0n) is 49.4. The van der Waals surface area contributed by atoms with Crippen molar-refractivity contribution in [3.63, 3.8) is 0 Å². The van der Waals surface area contributed by atoms with Crippen molar-refractivity contribution in [1.29, 1.82) is 0 Å². The highest BCUT2D eigenvalue weighted by atomic mass is 32.2. The number of aliphatic carboxylic acids is 5. The first-order valence-electron chi connectivity index (χ1n) is 27.9. The van der Waals surface area contributed by atoms with E-state index in [9.17, 15) is 102 Å². The van der Waals surface area contributed by atoms with Crippen LogP contribution in [0.1, 0.15) is 111 Å². The molecular formula is C52H82N12O23S. The van der Waals surface area contributed by atoms with E-state index in [4.69, 9.17) is 15.6 Å². The summed E-state index contributed by atoms with van der Waals surface area (Å²) in [4.78, 5) is 215. The fourth-order valence-electron chi connectivity index (χ4n) is 8.20. The maximum atomic E-state index is 13.7. The van der Waals surface area contributed by atoms with Crippen LogP contribution in [0.25, 0.3) is 0 Å². The molecule has 36 heteroatoms. The highest BCUT2D eigenvalue weighted by Crippen LogP contribution is 2.19. The molecule has 0 bridgehead atoms. The van der Waals surface area contributed by atoms with Crippen molar-refractivity contribution < 1.29 is 112 Å². The topological polar surface area (TPSA) is 550 Å². The first-order valence-corrected chi connectivity index (χ1v) is 29.3. The van der Waals surface area contributed by atoms with Crippen LogP contribution >= 0.6 is 11.8 Å². The third-order valence-electron chi connectivity index (χ3n) is 12.8. The molecule has 1 saturated heterocycles. The number of rotatable bonds is 44. The second kappa shape index (κ2) is 40.8. The van der Waals surface area contributed by atoms with Crippen LogP contribution in [-0.2, 0) is 86.2 Å². The molecule has 494 valence electrons. The fraction of sp³-hybridized carbons (Fsp3) is 0.673. The number of hydrogen-bond donors (Lipinski definition) is 16. The van der Waals surface area contributed by atoms with Gasteiger partial charge >= 0.3 is 29.8 Å². The molecule has 1 aliphatic heterocycles. The van der Waals surface area contributed by atoms with E-state index in [2.05, 4.69) is 53.2 Å². The van der Waals surface area contributed by atoms with E-state index in [1.807, 2.05) is 0 Å². The fourth-order valence-corrected chi connectivity index (χ4v) is 8.77. The van der Waals surface area contributed by atoms with Gasteiger partial charge in [0.05, 0.1) is 25.7 Å². The lowest BCUT2D eigenvalue weighted by atomic mass is 10.0. The summed E-state index contributed by atoms with van der Waals surface area (Å²) in [5.74, 6) is -17.6. The van der Waals surface area contributed by atoms with E-state index in [0.29, 0.717) is 6.42 Å². The van der Waals surface area contributed by atoms with Gasteiger partial charge in [0.1, 0.15) is 60.7 Å². The zero-order chi connectivity index (χ0) is 66.8. The molecule has 0 aromatic carbocycles. The van der Waals surface area contributed by atoms with Gasteiger partial charge < -0.3 is 94.1 Å². The van der Waals surface area contributed by atoms with Crippen LogP contribution in [0.15, 0.2) is 0 Å². The standard InChI is InChI=1S/C52H82N12O23S/c1-26(2)21-34(47(81)56-23-37(66)58-35(25-88-5)51(85)57-28(4)44(78)55-22-27(3)65)63-52(86)36-7-6-19-64(36)38(67)24-87-20-18-54-46(80)30(9-14-40(70)71)60-49(83)32(11-16-42(74)75)62-50(84)33(12-17-43(76)77)61-48(82)31(10-15-41(72)73)59-45(79)29(53)8-13-39(68)69/h26,28-36H,6-25,53H2,1-5H3,(H,54,80)(H,55,78)(H,56,81)(H,57,85)(H,58,66)(H,59,79)(H,60,83)(H,61,82)(H,62,84)(H,63,86)(H,68,69)(H,70,71)(H,72,73)(H,74,75)(H,76,77)/t28-,29+,30+,31+,32+,33+,34-,35-,36-/m0/s1. The molecule has 1 fully saturated rings. The number of nitrogens with zero attached hydrogens (tertiary/aromatic N) is 1. The summed E-state index contributed by atoms with van der Waals surface area (Å²) in [5, 5.41) is 70.0. The highest BCUT2D eigenvalue weighted by molar-refractivity contribution is 7.98. The SMILES string of the molecule is CSC[C@H](NC(=O)CNC(=O)[C@H](CC(C)C)NC(=O)[C@@H]1CCCN1C(=O)COCCNC(=O)[C@@H](CCC(=O)O)NC(=O)[C@@H](CCC(=O)O)NC(=O)[C@@H](CCC(=O)O)NC(=O)[C@@H](CCC(=O)O)NC(=O)[C@H](N)CCC(=O)O)C(=O)N[C@@H](C)C(=O)NCC(C)=O. The molecule has 0 aromatic heterocycles. The Morgan fingerprint density at radius 2 is 0.955 bits per heavy atom. The highest BCUT2D eigenvalue weighted by Gasteiger charge is 2.37. The number of carboxylic acid groups (broad SMARTS) is 5. The number of nitrogens with one attached hydrogen (secondary N) is 10. The molecule has 1 aliphatic rings. The molecule has 1 rings (SSSR count). The quantitative estimate of drug-likeness (QED) is 0.0253. The van der Waals surface area contributed by atoms with E-state index in [0.717, 1.165) is 0 Å². The van der Waals surface area contributed by atoms with Crippen molar-refractivity contribution in [3.8, 4) is 0 Å². The Hall–Kier alpha value is -8.54. The van der Waals surface area contributed by atoms with Crippen molar-refractivity contribution in [2.45, 2.75) is 166 Å². The molecule has 0 aliphatic carbocycles. The predicted molar refractivity (Wildman–Crippen MR) is 305 cm³/mol. The molecule has 0 saturated carbocycles. The average molecular weight is 1280 g/mol. The minimum atomic E-state index is -1.87. The molecule has 17 N–H and O–H groups in total. The lowest BCUT2D eigenvalue weighted by Crippen LogP contribution is -2.59. The second-order valence-electron chi connectivity index (χ2n) is 20.7. The maximum Gasteiger partial charge on any atom is 0.303 e. The molecular weight excluding hydrogens is 1190 g/mol. The number of carboxylic acids is 5. The molecule has 0 aromatic rings. The number of likely N-dealkylation sites (tertiary alicyclic amines) is 1. The Labute approximate surface area is 509 Å². The van der Waals surface area contributed by atoms with E-state index in [-0.39, 0.29) is 56.5 Å². The van der Waals surface area contributed by atoms with Crippen molar-refractivity contribution in [2.24, 2.45) is 11.7 Å². The van der Waals surface area contributed by atoms with Gasteiger partial charge in [-0.15, -0.1) is 0 Å². The number of ketones is 1. The number of hydrogen-bond acceptors (Lipinski definition) is 20. The van der Waals surface area contributed by atoms with Gasteiger partial charge in [-0.3, -0.25) is 81.5 Å². The predicted octanol–water partition coefficient (Wildman–Crippen LogP) is -5.59. The molecule has 11 amide bonds. The summed E-state index contributed by atoms with van der Waals surface area (Å²) in [6, 6.07) is -13.1. The minimum Gasteiger partial charge on any atom is -0.481 e. The van der Waals surface area contributed by atoms with Crippen molar-refractivity contribution >= 4 is 112 Å². The third kappa shape index (κ3) is 31.7. The Bertz CT molecular complexity index is 2520. The number of carbonyl (C=O) groups is 17. The van der Waals surface area contributed by atoms with Gasteiger partial charge in [-0.1, -0.05) is 13.8 Å². The second-order valence-corrected chi connectivity index (χ2v) is 21.6. The lowest BCUT2D eigenvalue weighted by Gasteiger charge is -2.27. The summed E-state index contributed by atoms with van der Waals surface area (Å²) in [7, 11) is 0. The van der Waals surface area contributed by atoms with Crippen LogP contribution in [0.4, 0.5) is 0 Å². The normalized spacial score (nSPS) is 15.4. The van der Waals surface area contributed by atoms with Gasteiger partial charge in [-0.05, 0) is 77.4 Å². The molecule has 9 atom stereocenters. The van der Waals surface area contributed by atoms with Crippen molar-refractivity contribution in [2.75, 3.05) is 51.4 Å². The number of nitrogens with two attached hydrogens (primary N) is 1. The van der Waals surface area contributed by atoms with Crippen molar-refractivity contribution in [3.05, 3.63) is 0 Å². The number of amides is 11. The third-order valence-corrected chi connectivity index (χ3v) is 13.5. The van der Waals surface area contributed by atoms with Gasteiger partial charge in [0.2, 0.25) is 65.0 Å². The van der Waals surface area contributed by atoms with Crippen LogP contribution < -0.4 is 58.9 Å². The first-order chi connectivity index (χ1) is 41.3. The summed E-state index contributed by atoms with van der Waals surface area (Å²) in [6.07, 6.45) is -4.23. The zero-order valence-corrected chi connectivity index (χ0v) is 50.2. The van der Waals surface area contributed by atoms with Gasteiger partial charge in [0.15, 0.2) is 0 Å². The van der Waals surface area contributed by atoms with E-state index >= 15 is 0 Å². The number of Topliss-reactive ketones (excluding diaryl/α,β-unsaturated/α-hetero) is 1. The number of carbonyl (C=O) groups excluding carboxylic acids is 12. The number of thioether (sulfide) groups is 1. The molecule has 35 nitrogen and oxygen atoms in total.